The number of methoxy groups -OCH3 is 1. The number of halogens is 1. The van der Waals surface area contributed by atoms with Crippen LogP contribution < -0.4 is 10.1 Å². The van der Waals surface area contributed by atoms with Gasteiger partial charge in [0.25, 0.3) is 5.91 Å². The van der Waals surface area contributed by atoms with Crippen LogP contribution >= 0.6 is 15.9 Å². The Morgan fingerprint density at radius 3 is 2.54 bits per heavy atom. The van der Waals surface area contributed by atoms with E-state index in [1.807, 2.05) is 67.6 Å². The number of nitrogens with one attached hydrogen (secondary N) is 1. The van der Waals surface area contributed by atoms with Crippen LogP contribution in [0.3, 0.4) is 0 Å². The van der Waals surface area contributed by atoms with Crippen LogP contribution in [-0.4, -0.2) is 35.6 Å². The third kappa shape index (κ3) is 5.52. The Morgan fingerprint density at radius 2 is 1.83 bits per heavy atom. The first-order valence-electron chi connectivity index (χ1n) is 11.2. The van der Waals surface area contributed by atoms with Gasteiger partial charge in [-0.15, -0.1) is 0 Å². The molecule has 0 fully saturated rings. The summed E-state index contributed by atoms with van der Waals surface area (Å²) in [7, 11) is 1.56. The highest BCUT2D eigenvalue weighted by Gasteiger charge is 2.22. The number of benzene rings is 3. The van der Waals surface area contributed by atoms with E-state index in [1.54, 1.807) is 19.2 Å². The lowest BCUT2D eigenvalue weighted by molar-refractivity contribution is -0.137. The van der Waals surface area contributed by atoms with E-state index >= 15 is 0 Å². The average molecular weight is 533 g/mol. The molecule has 0 bridgehead atoms. The van der Waals surface area contributed by atoms with E-state index in [2.05, 4.69) is 21.2 Å². The molecule has 1 aromatic heterocycles. The second kappa shape index (κ2) is 10.7. The second-order valence-corrected chi connectivity index (χ2v) is 9.19. The zero-order chi connectivity index (χ0) is 24.9. The van der Waals surface area contributed by atoms with Gasteiger partial charge in [0.15, 0.2) is 0 Å². The van der Waals surface area contributed by atoms with E-state index in [0.717, 1.165) is 32.2 Å². The first kappa shape index (κ1) is 24.4. The van der Waals surface area contributed by atoms with Crippen molar-refractivity contribution in [2.75, 3.05) is 13.7 Å². The molecule has 7 heteroatoms. The van der Waals surface area contributed by atoms with Crippen LogP contribution in [0, 0.1) is 6.92 Å². The van der Waals surface area contributed by atoms with Crippen molar-refractivity contribution >= 4 is 38.7 Å². The summed E-state index contributed by atoms with van der Waals surface area (Å²) in [4.78, 5) is 30.0. The molecule has 35 heavy (non-hydrogen) atoms. The number of amides is 1. The van der Waals surface area contributed by atoms with Gasteiger partial charge in [-0.3, -0.25) is 9.59 Å². The van der Waals surface area contributed by atoms with Crippen molar-refractivity contribution in [1.29, 1.82) is 0 Å². The molecule has 3 aromatic carbocycles. The first-order chi connectivity index (χ1) is 16.9. The van der Waals surface area contributed by atoms with Crippen LogP contribution in [0.15, 0.2) is 77.3 Å². The number of pyridine rings is 1. The molecule has 1 atom stereocenters. The van der Waals surface area contributed by atoms with E-state index < -0.39 is 11.9 Å². The topological polar surface area (TPSA) is 88.5 Å². The highest BCUT2D eigenvalue weighted by molar-refractivity contribution is 9.10. The van der Waals surface area contributed by atoms with Crippen molar-refractivity contribution in [1.82, 2.24) is 10.3 Å². The van der Waals surface area contributed by atoms with Gasteiger partial charge in [0.1, 0.15) is 5.75 Å². The summed E-state index contributed by atoms with van der Waals surface area (Å²) in [6.07, 6.45) is -0.121. The van der Waals surface area contributed by atoms with Crippen LogP contribution in [0.4, 0.5) is 0 Å². The van der Waals surface area contributed by atoms with E-state index in [-0.39, 0.29) is 18.9 Å². The molecule has 0 saturated carbocycles. The summed E-state index contributed by atoms with van der Waals surface area (Å²) < 4.78 is 6.13. The maximum Gasteiger partial charge on any atom is 0.304 e. The number of carbonyl (C=O) groups is 2. The van der Waals surface area contributed by atoms with Crippen LogP contribution in [0.2, 0.25) is 0 Å². The van der Waals surface area contributed by atoms with Crippen molar-refractivity contribution in [2.24, 2.45) is 0 Å². The normalized spacial score (nSPS) is 11.7. The van der Waals surface area contributed by atoms with Crippen molar-refractivity contribution in [3.8, 4) is 17.0 Å². The maximum absolute atomic E-state index is 13.6. The molecule has 178 valence electrons. The van der Waals surface area contributed by atoms with Gasteiger partial charge in [0.05, 0.1) is 30.3 Å². The van der Waals surface area contributed by atoms with Gasteiger partial charge in [0.2, 0.25) is 0 Å². The van der Waals surface area contributed by atoms with Gasteiger partial charge in [0, 0.05) is 27.9 Å². The Labute approximate surface area is 212 Å². The smallest absolute Gasteiger partial charge is 0.304 e. The number of ether oxygens (including phenoxy) is 1. The van der Waals surface area contributed by atoms with E-state index in [4.69, 9.17) is 9.72 Å². The molecule has 0 spiro atoms. The molecule has 1 heterocycles. The van der Waals surface area contributed by atoms with Crippen molar-refractivity contribution < 1.29 is 19.4 Å². The van der Waals surface area contributed by atoms with Crippen molar-refractivity contribution in [2.45, 2.75) is 19.3 Å². The Balaban J connectivity index is 1.72. The van der Waals surface area contributed by atoms with Crippen LogP contribution in [0.25, 0.3) is 22.2 Å². The summed E-state index contributed by atoms with van der Waals surface area (Å²) in [5.41, 5.74) is 4.43. The minimum atomic E-state index is -0.937. The predicted molar refractivity (Wildman–Crippen MR) is 140 cm³/mol. The number of carboxylic acids is 1. The Kier molecular flexibility index (Phi) is 7.46. The third-order valence-corrected chi connectivity index (χ3v) is 6.45. The fourth-order valence-corrected chi connectivity index (χ4v) is 4.58. The van der Waals surface area contributed by atoms with Gasteiger partial charge in [-0.2, -0.15) is 0 Å². The lowest BCUT2D eigenvalue weighted by atomic mass is 9.94. The molecule has 1 amide bonds. The lowest BCUT2D eigenvalue weighted by Gasteiger charge is -2.19. The van der Waals surface area contributed by atoms with Gasteiger partial charge in [-0.05, 0) is 48.4 Å². The van der Waals surface area contributed by atoms with Gasteiger partial charge in [-0.1, -0.05) is 58.4 Å². The molecule has 6 nitrogen and oxygen atoms in total. The average Bonchev–Trinajstić information content (AvgIpc) is 2.86. The number of nitrogens with zero attached hydrogens (tertiary/aromatic N) is 1. The van der Waals surface area contributed by atoms with E-state index in [0.29, 0.717) is 16.8 Å². The Hall–Kier alpha value is -3.71. The van der Waals surface area contributed by atoms with Crippen molar-refractivity contribution in [3.63, 3.8) is 0 Å². The molecule has 0 aliphatic carbocycles. The zero-order valence-electron chi connectivity index (χ0n) is 19.4. The lowest BCUT2D eigenvalue weighted by Crippen LogP contribution is -2.30. The number of aliphatic carboxylic acids is 1. The van der Waals surface area contributed by atoms with Gasteiger partial charge >= 0.3 is 5.97 Å². The molecule has 0 aliphatic heterocycles. The Morgan fingerprint density at radius 1 is 1.06 bits per heavy atom. The number of carboxylic acid groups (broad SMARTS) is 1. The fourth-order valence-electron chi connectivity index (χ4n) is 4.22. The third-order valence-electron chi connectivity index (χ3n) is 5.96. The molecule has 4 aromatic rings. The number of fused-ring (bicyclic) bond motifs is 1. The van der Waals surface area contributed by atoms with Crippen molar-refractivity contribution in [3.05, 3.63) is 94.0 Å². The quantitative estimate of drug-likeness (QED) is 0.292. The molecule has 0 aliphatic rings. The summed E-state index contributed by atoms with van der Waals surface area (Å²) in [6.45, 7) is 2.05. The Bertz CT molecular complexity index is 1390. The molecular formula is C28H25BrN2O4. The number of hydrogen-bond acceptors (Lipinski definition) is 4. The molecule has 4 rings (SSSR count). The minimum absolute atomic E-state index is 0.121. The van der Waals surface area contributed by atoms with Gasteiger partial charge in [-0.25, -0.2) is 4.98 Å². The van der Waals surface area contributed by atoms with Gasteiger partial charge < -0.3 is 15.2 Å². The number of rotatable bonds is 8. The number of aromatic nitrogens is 1. The summed E-state index contributed by atoms with van der Waals surface area (Å²) >= 11 is 3.50. The summed E-state index contributed by atoms with van der Waals surface area (Å²) in [5, 5.41) is 13.2. The number of hydrogen-bond donors (Lipinski definition) is 2. The summed E-state index contributed by atoms with van der Waals surface area (Å²) in [6, 6.07) is 22.7. The zero-order valence-corrected chi connectivity index (χ0v) is 21.0. The highest BCUT2D eigenvalue weighted by Crippen LogP contribution is 2.31. The SMILES string of the molecule is COc1cccc(C(CNC(=O)c2c(C)c(-c3ccccc3)nc3ccc(Br)cc23)CC(=O)O)c1. The number of carbonyl (C=O) groups excluding carboxylic acids is 1. The molecule has 2 N–H and O–H groups in total. The van der Waals surface area contributed by atoms with Crippen LogP contribution in [0.5, 0.6) is 5.75 Å². The standard InChI is InChI=1S/C28H25BrN2O4/c1-17-26(23-15-21(29)11-12-24(23)31-27(17)18-7-4-3-5-8-18)28(34)30-16-20(14-25(32)33)19-9-6-10-22(13-19)35-2/h3-13,15,20H,14,16H2,1-2H3,(H,30,34)(H,32,33). The van der Waals surface area contributed by atoms with E-state index in [9.17, 15) is 14.7 Å². The maximum atomic E-state index is 13.6. The largest absolute Gasteiger partial charge is 0.497 e. The van der Waals surface area contributed by atoms with Crippen LogP contribution in [0.1, 0.15) is 33.8 Å². The predicted octanol–water partition coefficient (Wildman–Crippen LogP) is 5.97. The highest BCUT2D eigenvalue weighted by atomic mass is 79.9. The molecule has 0 saturated heterocycles. The summed E-state index contributed by atoms with van der Waals surface area (Å²) in [5.74, 6) is -0.991. The molecule has 1 unspecified atom stereocenters. The van der Waals surface area contributed by atoms with E-state index in [1.165, 1.54) is 0 Å². The van der Waals surface area contributed by atoms with Crippen LogP contribution in [-0.2, 0) is 4.79 Å². The second-order valence-electron chi connectivity index (χ2n) is 8.27. The first-order valence-corrected chi connectivity index (χ1v) is 12.0. The fraction of sp³-hybridized carbons (Fsp3) is 0.179. The monoisotopic (exact) mass is 532 g/mol. The minimum Gasteiger partial charge on any atom is -0.497 e. The molecule has 0 radical (unpaired) electrons. The molecular weight excluding hydrogens is 508 g/mol.